The average molecular weight is 289 g/mol. The molecule has 1 fully saturated rings. The van der Waals surface area contributed by atoms with Crippen LogP contribution >= 0.6 is 11.3 Å². The predicted octanol–water partition coefficient (Wildman–Crippen LogP) is 2.96. The first kappa shape index (κ1) is 13.2. The zero-order chi connectivity index (χ0) is 13.9. The molecule has 2 amide bonds. The van der Waals surface area contributed by atoms with Crippen molar-refractivity contribution in [2.75, 3.05) is 0 Å². The molecular weight excluding hydrogens is 270 g/mol. The van der Waals surface area contributed by atoms with Gasteiger partial charge in [-0.15, -0.1) is 11.3 Å². The second-order valence-corrected chi connectivity index (χ2v) is 6.24. The van der Waals surface area contributed by atoms with Crippen molar-refractivity contribution >= 4 is 17.4 Å². The highest BCUT2D eigenvalue weighted by atomic mass is 32.1. The largest absolute Gasteiger partial charge is 0.353 e. The van der Waals surface area contributed by atoms with Crippen molar-refractivity contribution in [3.05, 3.63) is 46.4 Å². The van der Waals surface area contributed by atoms with Crippen LogP contribution in [0, 0.1) is 0 Å². The lowest BCUT2D eigenvalue weighted by Crippen LogP contribution is -2.40. The molecule has 0 aromatic carbocycles. The van der Waals surface area contributed by atoms with E-state index in [1.165, 1.54) is 10.6 Å². The van der Waals surface area contributed by atoms with Crippen LogP contribution in [0.5, 0.6) is 0 Å². The van der Waals surface area contributed by atoms with Crippen LogP contribution in [0.3, 0.4) is 0 Å². The van der Waals surface area contributed by atoms with E-state index in [1.807, 2.05) is 41.7 Å². The number of amides is 2. The second kappa shape index (κ2) is 5.71. The van der Waals surface area contributed by atoms with Gasteiger partial charge in [-0.25, -0.2) is 4.79 Å². The predicted molar refractivity (Wildman–Crippen MR) is 80.5 cm³/mol. The monoisotopic (exact) mass is 289 g/mol. The van der Waals surface area contributed by atoms with Gasteiger partial charge in [0.2, 0.25) is 0 Å². The zero-order valence-corrected chi connectivity index (χ0v) is 12.4. The molecule has 5 heteroatoms. The zero-order valence-electron chi connectivity index (χ0n) is 11.6. The van der Waals surface area contributed by atoms with Crippen molar-refractivity contribution in [1.29, 1.82) is 0 Å². The smallest absolute Gasteiger partial charge is 0.318 e. The van der Waals surface area contributed by atoms with Crippen LogP contribution in [-0.2, 0) is 20.1 Å². The van der Waals surface area contributed by atoms with Crippen LogP contribution in [0.4, 0.5) is 4.79 Å². The van der Waals surface area contributed by atoms with Crippen LogP contribution in [0.25, 0.3) is 0 Å². The van der Waals surface area contributed by atoms with Crippen molar-refractivity contribution in [2.45, 2.75) is 32.0 Å². The van der Waals surface area contributed by atoms with Crippen LogP contribution in [0.1, 0.15) is 23.4 Å². The molecule has 0 radical (unpaired) electrons. The number of thiophene rings is 1. The summed E-state index contributed by atoms with van der Waals surface area (Å²) in [5.41, 5.74) is 1.17. The summed E-state index contributed by atoms with van der Waals surface area (Å²) in [6.45, 7) is 1.30. The Morgan fingerprint density at radius 1 is 1.45 bits per heavy atom. The molecule has 0 bridgehead atoms. The average Bonchev–Trinajstić information content (AvgIpc) is 2.98. The van der Waals surface area contributed by atoms with E-state index in [-0.39, 0.29) is 6.03 Å². The SMILES string of the molecule is Cn1cccc1CN(C(=O)NCc1cccs1)C1CC1. The van der Waals surface area contributed by atoms with E-state index in [9.17, 15) is 4.79 Å². The summed E-state index contributed by atoms with van der Waals surface area (Å²) in [5.74, 6) is 0. The Kier molecular flexibility index (Phi) is 3.78. The third-order valence-corrected chi connectivity index (χ3v) is 4.50. The van der Waals surface area contributed by atoms with Gasteiger partial charge < -0.3 is 14.8 Å². The Labute approximate surface area is 123 Å². The molecule has 1 saturated carbocycles. The molecule has 0 unspecified atom stereocenters. The Hall–Kier alpha value is -1.75. The summed E-state index contributed by atoms with van der Waals surface area (Å²) >= 11 is 1.67. The van der Waals surface area contributed by atoms with Gasteiger partial charge in [0.25, 0.3) is 0 Å². The number of hydrogen-bond acceptors (Lipinski definition) is 2. The van der Waals surface area contributed by atoms with E-state index in [1.54, 1.807) is 11.3 Å². The van der Waals surface area contributed by atoms with Crippen molar-refractivity contribution in [2.24, 2.45) is 7.05 Å². The van der Waals surface area contributed by atoms with Crippen molar-refractivity contribution in [3.8, 4) is 0 Å². The summed E-state index contributed by atoms with van der Waals surface area (Å²) in [6.07, 6.45) is 4.26. The van der Waals surface area contributed by atoms with Gasteiger partial charge in [0.1, 0.15) is 0 Å². The fourth-order valence-electron chi connectivity index (χ4n) is 2.27. The van der Waals surface area contributed by atoms with E-state index < -0.39 is 0 Å². The molecule has 1 aliphatic carbocycles. The summed E-state index contributed by atoms with van der Waals surface area (Å²) in [4.78, 5) is 15.5. The van der Waals surface area contributed by atoms with Gasteiger partial charge in [-0.2, -0.15) is 0 Å². The van der Waals surface area contributed by atoms with Gasteiger partial charge in [0, 0.05) is 29.9 Å². The highest BCUT2D eigenvalue weighted by Gasteiger charge is 2.32. The minimum absolute atomic E-state index is 0.0436. The summed E-state index contributed by atoms with van der Waals surface area (Å²) in [7, 11) is 2.02. The number of rotatable bonds is 5. The topological polar surface area (TPSA) is 37.3 Å². The number of hydrogen-bond donors (Lipinski definition) is 1. The maximum absolute atomic E-state index is 12.4. The molecule has 1 aliphatic rings. The number of aromatic nitrogens is 1. The first-order valence-corrected chi connectivity index (χ1v) is 7.79. The third-order valence-electron chi connectivity index (χ3n) is 3.63. The van der Waals surface area contributed by atoms with Crippen LogP contribution < -0.4 is 5.32 Å². The van der Waals surface area contributed by atoms with E-state index in [0.717, 1.165) is 12.8 Å². The highest BCUT2D eigenvalue weighted by Crippen LogP contribution is 2.28. The van der Waals surface area contributed by atoms with Gasteiger partial charge in [0.15, 0.2) is 0 Å². The number of urea groups is 1. The number of carbonyl (C=O) groups is 1. The molecule has 106 valence electrons. The van der Waals surface area contributed by atoms with E-state index in [0.29, 0.717) is 19.1 Å². The number of nitrogens with one attached hydrogen (secondary N) is 1. The van der Waals surface area contributed by atoms with Gasteiger partial charge in [-0.3, -0.25) is 0 Å². The highest BCUT2D eigenvalue weighted by molar-refractivity contribution is 7.09. The molecule has 4 nitrogen and oxygen atoms in total. The third kappa shape index (κ3) is 3.04. The minimum Gasteiger partial charge on any atom is -0.353 e. The molecule has 0 saturated heterocycles. The summed E-state index contributed by atoms with van der Waals surface area (Å²) < 4.78 is 2.07. The fourth-order valence-corrected chi connectivity index (χ4v) is 2.91. The summed E-state index contributed by atoms with van der Waals surface area (Å²) in [6, 6.07) is 8.60. The molecule has 2 aromatic heterocycles. The lowest BCUT2D eigenvalue weighted by Gasteiger charge is -2.23. The molecule has 3 rings (SSSR count). The standard InChI is InChI=1S/C15H19N3OS/c1-17-8-2-4-13(17)11-18(12-6-7-12)15(19)16-10-14-5-3-9-20-14/h2-5,8-9,12H,6-7,10-11H2,1H3,(H,16,19). The van der Waals surface area contributed by atoms with Gasteiger partial charge in [-0.1, -0.05) is 6.07 Å². The Morgan fingerprint density at radius 3 is 2.90 bits per heavy atom. The Bertz CT molecular complexity index is 572. The maximum Gasteiger partial charge on any atom is 0.318 e. The van der Waals surface area contributed by atoms with Crippen molar-refractivity contribution in [3.63, 3.8) is 0 Å². The van der Waals surface area contributed by atoms with Gasteiger partial charge in [0.05, 0.1) is 13.1 Å². The molecule has 2 aromatic rings. The number of carbonyl (C=O) groups excluding carboxylic acids is 1. The lowest BCUT2D eigenvalue weighted by molar-refractivity contribution is 0.190. The Balaban J connectivity index is 1.61. The molecule has 0 spiro atoms. The first-order valence-electron chi connectivity index (χ1n) is 6.91. The normalized spacial score (nSPS) is 14.2. The summed E-state index contributed by atoms with van der Waals surface area (Å²) in [5, 5.41) is 5.06. The molecule has 2 heterocycles. The van der Waals surface area contributed by atoms with E-state index in [2.05, 4.69) is 16.0 Å². The van der Waals surface area contributed by atoms with Crippen LogP contribution in [0.2, 0.25) is 0 Å². The Morgan fingerprint density at radius 2 is 2.30 bits per heavy atom. The minimum atomic E-state index is 0.0436. The molecule has 0 atom stereocenters. The maximum atomic E-state index is 12.4. The molecule has 0 aliphatic heterocycles. The van der Waals surface area contributed by atoms with Crippen molar-refractivity contribution < 1.29 is 4.79 Å². The van der Waals surface area contributed by atoms with Crippen LogP contribution in [-0.4, -0.2) is 21.5 Å². The van der Waals surface area contributed by atoms with Crippen molar-refractivity contribution in [1.82, 2.24) is 14.8 Å². The van der Waals surface area contributed by atoms with E-state index >= 15 is 0 Å². The first-order chi connectivity index (χ1) is 9.74. The second-order valence-electron chi connectivity index (χ2n) is 5.21. The number of aryl methyl sites for hydroxylation is 1. The molecule has 1 N–H and O–H groups in total. The fraction of sp³-hybridized carbons (Fsp3) is 0.400. The van der Waals surface area contributed by atoms with Crippen LogP contribution in [0.15, 0.2) is 35.8 Å². The van der Waals surface area contributed by atoms with Gasteiger partial charge in [-0.05, 0) is 36.4 Å². The van der Waals surface area contributed by atoms with E-state index in [4.69, 9.17) is 0 Å². The van der Waals surface area contributed by atoms with Gasteiger partial charge >= 0.3 is 6.03 Å². The molecule has 20 heavy (non-hydrogen) atoms. The quantitative estimate of drug-likeness (QED) is 0.903. The number of nitrogens with zero attached hydrogens (tertiary/aromatic N) is 2. The molecular formula is C15H19N3OS. The lowest BCUT2D eigenvalue weighted by atomic mass is 10.3.